The van der Waals surface area contributed by atoms with Crippen molar-refractivity contribution in [2.45, 2.75) is 13.0 Å². The molecule has 0 fully saturated rings. The summed E-state index contributed by atoms with van der Waals surface area (Å²) in [6, 6.07) is 4.08. The fraction of sp³-hybridized carbons (Fsp3) is 0.417. The number of amides is 1. The van der Waals surface area contributed by atoms with Gasteiger partial charge in [0.25, 0.3) is 5.91 Å². The van der Waals surface area contributed by atoms with E-state index in [9.17, 15) is 13.6 Å². The molecule has 1 rings (SSSR count). The summed E-state index contributed by atoms with van der Waals surface area (Å²) in [6.45, 7) is -2.10. The summed E-state index contributed by atoms with van der Waals surface area (Å²) in [4.78, 5) is 11.7. The number of methoxy groups -OCH3 is 1. The van der Waals surface area contributed by atoms with Gasteiger partial charge in [0.15, 0.2) is 11.5 Å². The molecule has 0 atom stereocenters. The molecule has 0 aliphatic carbocycles. The zero-order valence-electron chi connectivity index (χ0n) is 10.5. The van der Waals surface area contributed by atoms with Crippen molar-refractivity contribution in [3.05, 3.63) is 23.8 Å². The van der Waals surface area contributed by atoms with Gasteiger partial charge >= 0.3 is 6.61 Å². The Morgan fingerprint density at radius 2 is 2.16 bits per heavy atom. The van der Waals surface area contributed by atoms with E-state index in [4.69, 9.17) is 10.5 Å². The van der Waals surface area contributed by atoms with Gasteiger partial charge < -0.3 is 20.5 Å². The van der Waals surface area contributed by atoms with Crippen molar-refractivity contribution in [3.8, 4) is 11.5 Å². The van der Waals surface area contributed by atoms with Gasteiger partial charge in [-0.1, -0.05) is 0 Å². The molecule has 0 spiro atoms. The first-order chi connectivity index (χ1) is 9.08. The largest absolute Gasteiger partial charge is 0.493 e. The van der Waals surface area contributed by atoms with Gasteiger partial charge in [0.2, 0.25) is 0 Å². The Morgan fingerprint density at radius 1 is 1.42 bits per heavy atom. The number of hydrogen-bond acceptors (Lipinski definition) is 4. The van der Waals surface area contributed by atoms with E-state index >= 15 is 0 Å². The van der Waals surface area contributed by atoms with Crippen LogP contribution in [0.15, 0.2) is 18.2 Å². The van der Waals surface area contributed by atoms with Crippen LogP contribution in [0.1, 0.15) is 16.8 Å². The van der Waals surface area contributed by atoms with Crippen molar-refractivity contribution < 1.29 is 23.0 Å². The lowest BCUT2D eigenvalue weighted by Crippen LogP contribution is -2.26. The molecule has 0 aliphatic heterocycles. The lowest BCUT2D eigenvalue weighted by Gasteiger charge is -2.11. The Hall–Kier alpha value is -1.89. The SMILES string of the molecule is COc1ccc(C(=O)NCCCN)cc1OC(F)F. The molecule has 0 aliphatic rings. The van der Waals surface area contributed by atoms with Gasteiger partial charge in [-0.3, -0.25) is 4.79 Å². The van der Waals surface area contributed by atoms with Crippen LogP contribution < -0.4 is 20.5 Å². The molecule has 0 radical (unpaired) electrons. The second-order valence-electron chi connectivity index (χ2n) is 3.64. The van der Waals surface area contributed by atoms with Gasteiger partial charge in [-0.15, -0.1) is 0 Å². The minimum Gasteiger partial charge on any atom is -0.493 e. The Morgan fingerprint density at radius 3 is 2.74 bits per heavy atom. The maximum absolute atomic E-state index is 12.2. The minimum atomic E-state index is -2.98. The number of alkyl halides is 2. The van der Waals surface area contributed by atoms with Crippen molar-refractivity contribution in [2.24, 2.45) is 5.73 Å². The number of rotatable bonds is 7. The number of nitrogens with two attached hydrogens (primary N) is 1. The van der Waals surface area contributed by atoms with Crippen LogP contribution in [0.4, 0.5) is 8.78 Å². The van der Waals surface area contributed by atoms with E-state index in [1.807, 2.05) is 0 Å². The molecular weight excluding hydrogens is 258 g/mol. The minimum absolute atomic E-state index is 0.138. The van der Waals surface area contributed by atoms with E-state index in [0.717, 1.165) is 0 Å². The van der Waals surface area contributed by atoms with Crippen LogP contribution in [0, 0.1) is 0 Å². The van der Waals surface area contributed by atoms with Crippen molar-refractivity contribution in [1.82, 2.24) is 5.32 Å². The van der Waals surface area contributed by atoms with Crippen molar-refractivity contribution in [1.29, 1.82) is 0 Å². The summed E-state index contributed by atoms with van der Waals surface area (Å²) in [5.41, 5.74) is 5.52. The van der Waals surface area contributed by atoms with Crippen molar-refractivity contribution >= 4 is 5.91 Å². The third kappa shape index (κ3) is 4.70. The molecule has 0 bridgehead atoms. The molecule has 1 aromatic carbocycles. The van der Waals surface area contributed by atoms with Gasteiger partial charge in [-0.25, -0.2) is 0 Å². The first-order valence-corrected chi connectivity index (χ1v) is 5.69. The van der Waals surface area contributed by atoms with Crippen LogP contribution in [-0.4, -0.2) is 32.7 Å². The zero-order valence-corrected chi connectivity index (χ0v) is 10.5. The number of benzene rings is 1. The zero-order chi connectivity index (χ0) is 14.3. The lowest BCUT2D eigenvalue weighted by molar-refractivity contribution is -0.0512. The molecule has 0 heterocycles. The number of ether oxygens (including phenoxy) is 2. The highest BCUT2D eigenvalue weighted by atomic mass is 19.3. The maximum atomic E-state index is 12.2. The lowest BCUT2D eigenvalue weighted by atomic mass is 10.2. The van der Waals surface area contributed by atoms with E-state index in [0.29, 0.717) is 19.5 Å². The number of nitrogens with one attached hydrogen (secondary N) is 1. The summed E-state index contributed by atoms with van der Waals surface area (Å²) >= 11 is 0. The Kier molecular flexibility index (Phi) is 6.01. The smallest absolute Gasteiger partial charge is 0.387 e. The van der Waals surface area contributed by atoms with Crippen LogP contribution >= 0.6 is 0 Å². The second kappa shape index (κ2) is 7.52. The standard InChI is InChI=1S/C12H16F2N2O3/c1-18-9-4-3-8(7-10(9)19-12(13)14)11(17)16-6-2-5-15/h3-4,7,12H,2,5-6,15H2,1H3,(H,16,17). The van der Waals surface area contributed by atoms with Crippen LogP contribution in [0.5, 0.6) is 11.5 Å². The third-order valence-electron chi connectivity index (χ3n) is 2.31. The van der Waals surface area contributed by atoms with Gasteiger partial charge in [-0.2, -0.15) is 8.78 Å². The molecule has 0 unspecified atom stereocenters. The van der Waals surface area contributed by atoms with E-state index in [1.165, 1.54) is 25.3 Å². The van der Waals surface area contributed by atoms with Crippen LogP contribution in [0.3, 0.4) is 0 Å². The van der Waals surface area contributed by atoms with E-state index in [2.05, 4.69) is 10.1 Å². The summed E-state index contributed by atoms with van der Waals surface area (Å²) in [6.07, 6.45) is 0.641. The van der Waals surface area contributed by atoms with Crippen molar-refractivity contribution in [2.75, 3.05) is 20.2 Å². The number of halogens is 2. The molecule has 1 aromatic rings. The van der Waals surface area contributed by atoms with E-state index in [-0.39, 0.29) is 23.0 Å². The highest BCUT2D eigenvalue weighted by Crippen LogP contribution is 2.29. The average Bonchev–Trinajstić information content (AvgIpc) is 2.38. The van der Waals surface area contributed by atoms with Gasteiger partial charge in [0.1, 0.15) is 0 Å². The van der Waals surface area contributed by atoms with Gasteiger partial charge in [-0.05, 0) is 31.2 Å². The summed E-state index contributed by atoms with van der Waals surface area (Å²) < 4.78 is 33.6. The molecule has 3 N–H and O–H groups in total. The van der Waals surface area contributed by atoms with E-state index < -0.39 is 6.61 Å². The predicted molar refractivity (Wildman–Crippen MR) is 65.6 cm³/mol. The fourth-order valence-corrected chi connectivity index (χ4v) is 1.41. The summed E-state index contributed by atoms with van der Waals surface area (Å²) in [5.74, 6) is -0.419. The third-order valence-corrected chi connectivity index (χ3v) is 2.31. The Labute approximate surface area is 109 Å². The maximum Gasteiger partial charge on any atom is 0.387 e. The first kappa shape index (κ1) is 15.2. The Balaban J connectivity index is 2.81. The molecule has 0 aromatic heterocycles. The van der Waals surface area contributed by atoms with Crippen LogP contribution in [0.25, 0.3) is 0 Å². The molecule has 106 valence electrons. The van der Waals surface area contributed by atoms with E-state index in [1.54, 1.807) is 0 Å². The quantitative estimate of drug-likeness (QED) is 0.737. The molecule has 5 nitrogen and oxygen atoms in total. The molecule has 0 saturated heterocycles. The normalized spacial score (nSPS) is 10.4. The average molecular weight is 274 g/mol. The summed E-state index contributed by atoms with van der Waals surface area (Å²) in [5, 5.41) is 2.62. The van der Waals surface area contributed by atoms with Crippen molar-refractivity contribution in [3.63, 3.8) is 0 Å². The molecule has 19 heavy (non-hydrogen) atoms. The topological polar surface area (TPSA) is 73.6 Å². The number of carbonyl (C=O) groups is 1. The highest BCUT2D eigenvalue weighted by Gasteiger charge is 2.14. The first-order valence-electron chi connectivity index (χ1n) is 5.69. The monoisotopic (exact) mass is 274 g/mol. The second-order valence-corrected chi connectivity index (χ2v) is 3.64. The van der Waals surface area contributed by atoms with Gasteiger partial charge in [0.05, 0.1) is 7.11 Å². The molecule has 0 saturated carbocycles. The molecular formula is C12H16F2N2O3. The van der Waals surface area contributed by atoms with Gasteiger partial charge in [0, 0.05) is 12.1 Å². The molecule has 7 heteroatoms. The number of hydrogen-bond donors (Lipinski definition) is 2. The fourth-order valence-electron chi connectivity index (χ4n) is 1.41. The van der Waals surface area contributed by atoms with Crippen LogP contribution in [0.2, 0.25) is 0 Å². The van der Waals surface area contributed by atoms with Crippen LogP contribution in [-0.2, 0) is 0 Å². The number of carbonyl (C=O) groups excluding carboxylic acids is 1. The predicted octanol–water partition coefficient (Wildman–Crippen LogP) is 1.38. The Bertz CT molecular complexity index is 427. The highest BCUT2D eigenvalue weighted by molar-refractivity contribution is 5.94. The molecule has 1 amide bonds. The summed E-state index contributed by atoms with van der Waals surface area (Å²) in [7, 11) is 1.33.